The average molecular weight is 431 g/mol. The summed E-state index contributed by atoms with van der Waals surface area (Å²) in [5.41, 5.74) is 5.21. The molecule has 0 radical (unpaired) electrons. The van der Waals surface area contributed by atoms with Crippen molar-refractivity contribution in [3.8, 4) is 0 Å². The molecule has 30 heavy (non-hydrogen) atoms. The fraction of sp³-hybridized carbons (Fsp3) is 0.591. The molecule has 2 aromatic rings. The highest BCUT2D eigenvalue weighted by atomic mass is 32.2. The molecule has 1 aliphatic carbocycles. The van der Waals surface area contributed by atoms with Crippen LogP contribution >= 0.6 is 0 Å². The molecule has 0 atom stereocenters. The number of morpholine rings is 1. The van der Waals surface area contributed by atoms with Crippen molar-refractivity contribution in [1.82, 2.24) is 13.6 Å². The minimum absolute atomic E-state index is 0.443. The number of anilines is 1. The van der Waals surface area contributed by atoms with E-state index in [0.29, 0.717) is 45.9 Å². The van der Waals surface area contributed by atoms with Crippen LogP contribution < -0.4 is 4.90 Å². The lowest BCUT2D eigenvalue weighted by atomic mass is 10.0. The van der Waals surface area contributed by atoms with Gasteiger partial charge in [-0.3, -0.25) is 0 Å². The van der Waals surface area contributed by atoms with Crippen LogP contribution in [-0.4, -0.2) is 74.5 Å². The van der Waals surface area contributed by atoms with Crippen molar-refractivity contribution >= 4 is 26.9 Å². The zero-order valence-corrected chi connectivity index (χ0v) is 18.5. The second kappa shape index (κ2) is 8.07. The van der Waals surface area contributed by atoms with Crippen molar-refractivity contribution in [1.29, 1.82) is 0 Å². The van der Waals surface area contributed by atoms with Crippen LogP contribution in [0.25, 0.3) is 10.9 Å². The number of ether oxygens (including phenoxy) is 1. The third-order valence-electron chi connectivity index (χ3n) is 6.62. The smallest absolute Gasteiger partial charge is 0.282 e. The first-order valence-electron chi connectivity index (χ1n) is 11.0. The Bertz CT molecular complexity index is 1050. The Morgan fingerprint density at radius 2 is 1.60 bits per heavy atom. The van der Waals surface area contributed by atoms with Crippen LogP contribution in [0.4, 0.5) is 5.82 Å². The number of aromatic nitrogens is 1. The molecule has 162 valence electrons. The third kappa shape index (κ3) is 3.70. The van der Waals surface area contributed by atoms with Gasteiger partial charge >= 0.3 is 0 Å². The zero-order valence-electron chi connectivity index (χ0n) is 17.6. The Kier molecular flexibility index (Phi) is 5.43. The second-order valence-corrected chi connectivity index (χ2v) is 10.5. The van der Waals surface area contributed by atoms with E-state index in [1.54, 1.807) is 8.61 Å². The number of hydrogen-bond donors (Lipinski definition) is 0. The summed E-state index contributed by atoms with van der Waals surface area (Å²) in [4.78, 5) is 7.23. The average Bonchev–Trinajstić information content (AvgIpc) is 3.05. The lowest BCUT2D eigenvalue weighted by Crippen LogP contribution is -2.49. The summed E-state index contributed by atoms with van der Waals surface area (Å²) in [6.45, 7) is 6.51. The van der Waals surface area contributed by atoms with Gasteiger partial charge in [-0.25, -0.2) is 4.98 Å². The SMILES string of the molecule is Cc1cc(N2CCCN(S(=O)(=O)N3CCOCC3)CC2)nc2cc3c(cc12)CCC3. The highest BCUT2D eigenvalue weighted by Crippen LogP contribution is 2.30. The molecule has 0 amide bonds. The standard InChI is InChI=1S/C22H30N4O3S/c1-17-14-22(23-21-16-19-5-2-4-18(19)15-20(17)21)24-6-3-7-25(9-8-24)30(27,28)26-10-12-29-13-11-26/h14-16H,2-13H2,1H3. The van der Waals surface area contributed by atoms with Crippen LogP contribution in [0.5, 0.6) is 0 Å². The Morgan fingerprint density at radius 3 is 2.40 bits per heavy atom. The van der Waals surface area contributed by atoms with Crippen LogP contribution in [0.15, 0.2) is 18.2 Å². The number of aryl methyl sites for hydroxylation is 3. The van der Waals surface area contributed by atoms with E-state index in [0.717, 1.165) is 30.7 Å². The molecule has 0 saturated carbocycles. The zero-order chi connectivity index (χ0) is 20.7. The Hall–Kier alpha value is -1.74. The molecule has 2 aliphatic heterocycles. The monoisotopic (exact) mass is 430 g/mol. The molecule has 5 rings (SSSR count). The van der Waals surface area contributed by atoms with Gasteiger partial charge in [0.2, 0.25) is 0 Å². The van der Waals surface area contributed by atoms with Crippen LogP contribution in [-0.2, 0) is 27.8 Å². The van der Waals surface area contributed by atoms with E-state index in [1.165, 1.54) is 34.9 Å². The Labute approximate surface area is 178 Å². The van der Waals surface area contributed by atoms with Gasteiger partial charge in [-0.2, -0.15) is 17.0 Å². The number of fused-ring (bicyclic) bond motifs is 2. The molecule has 0 bridgehead atoms. The lowest BCUT2D eigenvalue weighted by Gasteiger charge is -2.31. The fourth-order valence-corrected chi connectivity index (χ4v) is 6.51. The quantitative estimate of drug-likeness (QED) is 0.746. The van der Waals surface area contributed by atoms with Crippen LogP contribution in [0.1, 0.15) is 29.5 Å². The lowest BCUT2D eigenvalue weighted by molar-refractivity contribution is 0.0703. The first kappa shape index (κ1) is 20.2. The van der Waals surface area contributed by atoms with Crippen molar-refractivity contribution in [2.75, 3.05) is 57.4 Å². The van der Waals surface area contributed by atoms with Crippen molar-refractivity contribution in [3.05, 3.63) is 34.9 Å². The summed E-state index contributed by atoms with van der Waals surface area (Å²) in [5.74, 6) is 0.962. The molecule has 1 aromatic heterocycles. The molecule has 1 aromatic carbocycles. The maximum atomic E-state index is 13.0. The summed E-state index contributed by atoms with van der Waals surface area (Å²) >= 11 is 0. The van der Waals surface area contributed by atoms with Crippen molar-refractivity contribution in [2.24, 2.45) is 0 Å². The Morgan fingerprint density at radius 1 is 0.867 bits per heavy atom. The van der Waals surface area contributed by atoms with Crippen molar-refractivity contribution in [3.63, 3.8) is 0 Å². The summed E-state index contributed by atoms with van der Waals surface area (Å²) in [5, 5.41) is 1.24. The molecule has 0 unspecified atom stereocenters. The molecule has 3 heterocycles. The highest BCUT2D eigenvalue weighted by molar-refractivity contribution is 7.86. The molecule has 0 spiro atoms. The first-order valence-corrected chi connectivity index (χ1v) is 12.4. The number of nitrogens with zero attached hydrogens (tertiary/aromatic N) is 4. The van der Waals surface area contributed by atoms with E-state index in [4.69, 9.17) is 9.72 Å². The number of rotatable bonds is 3. The van der Waals surface area contributed by atoms with Crippen LogP contribution in [0, 0.1) is 6.92 Å². The van der Waals surface area contributed by atoms with Gasteiger partial charge in [-0.1, -0.05) is 0 Å². The van der Waals surface area contributed by atoms with Gasteiger partial charge in [-0.05, 0) is 67.5 Å². The topological polar surface area (TPSA) is 66.0 Å². The molecular formula is C22H30N4O3S. The predicted octanol–water partition coefficient (Wildman–Crippen LogP) is 2.12. The highest BCUT2D eigenvalue weighted by Gasteiger charge is 2.32. The Balaban J connectivity index is 1.37. The van der Waals surface area contributed by atoms with Crippen molar-refractivity contribution < 1.29 is 13.2 Å². The molecule has 8 heteroatoms. The number of hydrogen-bond acceptors (Lipinski definition) is 5. The molecule has 7 nitrogen and oxygen atoms in total. The predicted molar refractivity (Wildman–Crippen MR) is 118 cm³/mol. The van der Waals surface area contributed by atoms with Gasteiger partial charge in [0.05, 0.1) is 18.7 Å². The molecular weight excluding hydrogens is 400 g/mol. The summed E-state index contributed by atoms with van der Waals surface area (Å²) in [6, 6.07) is 6.75. The van der Waals surface area contributed by atoms with Gasteiger partial charge in [0.1, 0.15) is 5.82 Å². The van der Waals surface area contributed by atoms with E-state index in [9.17, 15) is 8.42 Å². The molecule has 2 saturated heterocycles. The summed E-state index contributed by atoms with van der Waals surface area (Å²) in [6.07, 6.45) is 4.35. The van der Waals surface area contributed by atoms with Gasteiger partial charge in [0, 0.05) is 44.7 Å². The first-order chi connectivity index (χ1) is 14.5. The van der Waals surface area contributed by atoms with Crippen molar-refractivity contribution in [2.45, 2.75) is 32.6 Å². The van der Waals surface area contributed by atoms with E-state index >= 15 is 0 Å². The minimum atomic E-state index is -3.42. The van der Waals surface area contributed by atoms with E-state index in [2.05, 4.69) is 30.0 Å². The molecule has 0 N–H and O–H groups in total. The van der Waals surface area contributed by atoms with E-state index in [-0.39, 0.29) is 0 Å². The maximum Gasteiger partial charge on any atom is 0.282 e. The molecule has 2 fully saturated rings. The number of benzene rings is 1. The van der Waals surface area contributed by atoms with Crippen LogP contribution in [0.3, 0.4) is 0 Å². The normalized spacial score (nSPS) is 21.7. The number of pyridine rings is 1. The van der Waals surface area contributed by atoms with E-state index < -0.39 is 10.2 Å². The van der Waals surface area contributed by atoms with Gasteiger partial charge in [0.25, 0.3) is 10.2 Å². The largest absolute Gasteiger partial charge is 0.379 e. The van der Waals surface area contributed by atoms with Crippen LogP contribution in [0.2, 0.25) is 0 Å². The fourth-order valence-electron chi connectivity index (χ4n) is 4.90. The summed E-state index contributed by atoms with van der Waals surface area (Å²) in [7, 11) is -3.42. The van der Waals surface area contributed by atoms with E-state index in [1.807, 2.05) is 0 Å². The second-order valence-electron chi connectivity index (χ2n) is 8.55. The third-order valence-corrected chi connectivity index (χ3v) is 8.65. The maximum absolute atomic E-state index is 13.0. The minimum Gasteiger partial charge on any atom is -0.379 e. The van der Waals surface area contributed by atoms with Gasteiger partial charge in [0.15, 0.2) is 0 Å². The summed E-state index contributed by atoms with van der Waals surface area (Å²) < 4.78 is 34.6. The van der Waals surface area contributed by atoms with Gasteiger partial charge < -0.3 is 9.64 Å². The van der Waals surface area contributed by atoms with Gasteiger partial charge in [-0.15, -0.1) is 0 Å². The molecule has 3 aliphatic rings.